The molecule has 0 aliphatic carbocycles. The standard InChI is InChI=1S/C52H34N4.C50H32N4/c1-4-15-35(16-5-1)36-27-29-38(30-28-36)45-34-44(37-17-6-2-7-18-37)53-52(54-45)39-19-14-22-41(33-39)56-47-26-13-11-24-43(47)51-49(56)32-31-48-50(51)42-23-10-12-25-46(42)55(48)40-20-8-3-9-21-40;1-3-15-34(16-4-1)50-51-42(32-43(52-50)37-27-26-33-14-7-8-17-35(33)30-37)36-18-13-21-39(31-36)54-45-25-12-10-23-41(45)49-47(54)29-28-46-48(49)40-22-9-11-24-44(40)53(46)38-19-5-2-6-20-38/h1-34H;1-32H. The van der Waals surface area contributed by atoms with Gasteiger partial charge in [0.2, 0.25) is 0 Å². The summed E-state index contributed by atoms with van der Waals surface area (Å²) < 4.78 is 9.59. The summed E-state index contributed by atoms with van der Waals surface area (Å²) >= 11 is 0. The summed E-state index contributed by atoms with van der Waals surface area (Å²) in [5, 5.41) is 12.4. The highest BCUT2D eigenvalue weighted by atomic mass is 15.0. The molecule has 0 amide bonds. The molecule has 0 fully saturated rings. The maximum absolute atomic E-state index is 5.23. The highest BCUT2D eigenvalue weighted by Crippen LogP contribution is 2.46. The molecular formula is C102H66N8. The van der Waals surface area contributed by atoms with Crippen LogP contribution in [0.25, 0.3) is 200 Å². The van der Waals surface area contributed by atoms with E-state index in [-0.39, 0.29) is 0 Å². The molecule has 0 aliphatic rings. The Kier molecular flexibility index (Phi) is 15.4. The molecule has 0 unspecified atom stereocenters. The lowest BCUT2D eigenvalue weighted by Crippen LogP contribution is -1.98. The molecule has 0 saturated heterocycles. The van der Waals surface area contributed by atoms with E-state index in [2.05, 4.69) is 388 Å². The van der Waals surface area contributed by atoms with Gasteiger partial charge in [-0.25, -0.2) is 19.9 Å². The van der Waals surface area contributed by atoms with E-state index in [1.54, 1.807) is 0 Å². The minimum Gasteiger partial charge on any atom is -0.309 e. The lowest BCUT2D eigenvalue weighted by Gasteiger charge is -2.13. The number of fused-ring (bicyclic) bond motifs is 15. The molecule has 0 radical (unpaired) electrons. The third-order valence-electron chi connectivity index (χ3n) is 21.6. The molecule has 8 nitrogen and oxygen atoms in total. The first-order valence-corrected chi connectivity index (χ1v) is 37.3. The molecule has 0 bridgehead atoms. The zero-order chi connectivity index (χ0) is 72.6. The average molecular weight is 1400 g/mol. The van der Waals surface area contributed by atoms with Crippen molar-refractivity contribution in [1.29, 1.82) is 0 Å². The average Bonchev–Trinajstić information content (AvgIpc) is 1.55. The predicted octanol–water partition coefficient (Wildman–Crippen LogP) is 26.2. The Morgan fingerprint density at radius 3 is 0.891 bits per heavy atom. The van der Waals surface area contributed by atoms with Crippen LogP contribution in [0.2, 0.25) is 0 Å². The SMILES string of the molecule is c1ccc(-c2ccc(-c3cc(-c4ccccc4)nc(-c4cccc(-n5c6ccccc6c6c7c8ccccc8n(-c8ccccc8)c7ccc65)c4)n3)cc2)cc1.c1ccc(-c2nc(-c3cccc(-n4c5ccccc5c5c6c7ccccc7n(-c7ccccc7)c6ccc54)c3)cc(-c3ccc4ccccc4c3)n2)cc1. The molecule has 22 aromatic rings. The third-order valence-corrected chi connectivity index (χ3v) is 21.6. The fourth-order valence-corrected chi connectivity index (χ4v) is 16.6. The topological polar surface area (TPSA) is 71.3 Å². The van der Waals surface area contributed by atoms with Gasteiger partial charge in [0.15, 0.2) is 11.6 Å². The highest BCUT2D eigenvalue weighted by Gasteiger charge is 2.24. The van der Waals surface area contributed by atoms with E-state index < -0.39 is 0 Å². The fourth-order valence-electron chi connectivity index (χ4n) is 16.6. The summed E-state index contributed by atoms with van der Waals surface area (Å²) in [6.45, 7) is 0. The third kappa shape index (κ3) is 10.9. The Hall–Kier alpha value is -14.9. The van der Waals surface area contributed by atoms with Crippen molar-refractivity contribution in [2.45, 2.75) is 0 Å². The summed E-state index contributed by atoms with van der Waals surface area (Å²) in [5.74, 6) is 1.39. The van der Waals surface area contributed by atoms with Crippen molar-refractivity contribution in [3.63, 3.8) is 0 Å². The van der Waals surface area contributed by atoms with Gasteiger partial charge in [-0.2, -0.15) is 0 Å². The molecule has 0 saturated carbocycles. The van der Waals surface area contributed by atoms with Gasteiger partial charge in [0, 0.05) is 99.2 Å². The summed E-state index contributed by atoms with van der Waals surface area (Å²) in [6, 6.07) is 142. The molecule has 16 aromatic carbocycles. The normalized spacial score (nSPS) is 11.6. The Labute approximate surface area is 634 Å². The predicted molar refractivity (Wildman–Crippen MR) is 457 cm³/mol. The lowest BCUT2D eigenvalue weighted by molar-refractivity contribution is 1.16. The van der Waals surface area contributed by atoms with Crippen molar-refractivity contribution in [1.82, 2.24) is 38.2 Å². The van der Waals surface area contributed by atoms with Crippen LogP contribution in [0.3, 0.4) is 0 Å². The number of nitrogens with zero attached hydrogens (tertiary/aromatic N) is 8. The molecule has 6 aromatic heterocycles. The number of para-hydroxylation sites is 6. The zero-order valence-electron chi connectivity index (χ0n) is 59.7. The first-order chi connectivity index (χ1) is 54.6. The summed E-state index contributed by atoms with van der Waals surface area (Å²) in [4.78, 5) is 20.7. The van der Waals surface area contributed by atoms with Crippen LogP contribution in [-0.4, -0.2) is 38.2 Å². The van der Waals surface area contributed by atoms with E-state index in [0.717, 1.165) is 89.9 Å². The van der Waals surface area contributed by atoms with Gasteiger partial charge in [0.25, 0.3) is 0 Å². The maximum atomic E-state index is 5.23. The van der Waals surface area contributed by atoms with Crippen LogP contribution < -0.4 is 0 Å². The van der Waals surface area contributed by atoms with Gasteiger partial charge in [-0.3, -0.25) is 0 Å². The van der Waals surface area contributed by atoms with Crippen LogP contribution >= 0.6 is 0 Å². The molecule has 0 N–H and O–H groups in total. The highest BCUT2D eigenvalue weighted by molar-refractivity contribution is 6.30. The molecule has 0 atom stereocenters. The summed E-state index contributed by atoms with van der Waals surface area (Å²) in [6.07, 6.45) is 0. The van der Waals surface area contributed by atoms with E-state index >= 15 is 0 Å². The first-order valence-electron chi connectivity index (χ1n) is 37.3. The van der Waals surface area contributed by atoms with Crippen LogP contribution in [0.1, 0.15) is 0 Å². The van der Waals surface area contributed by atoms with Crippen molar-refractivity contribution in [2.75, 3.05) is 0 Å². The molecular weight excluding hydrogens is 1340 g/mol. The second-order valence-corrected chi connectivity index (χ2v) is 28.1. The van der Waals surface area contributed by atoms with Crippen LogP contribution in [0.15, 0.2) is 400 Å². The van der Waals surface area contributed by atoms with Crippen LogP contribution in [-0.2, 0) is 0 Å². The van der Waals surface area contributed by atoms with Gasteiger partial charge in [0.1, 0.15) is 0 Å². The number of aromatic nitrogens is 8. The minimum atomic E-state index is 0.685. The quantitative estimate of drug-likeness (QED) is 0.129. The van der Waals surface area contributed by atoms with Crippen molar-refractivity contribution in [2.24, 2.45) is 0 Å². The Balaban J connectivity index is 0.000000140. The van der Waals surface area contributed by atoms with E-state index in [1.165, 1.54) is 98.1 Å². The van der Waals surface area contributed by atoms with E-state index in [9.17, 15) is 0 Å². The van der Waals surface area contributed by atoms with Gasteiger partial charge in [0.05, 0.1) is 66.9 Å². The smallest absolute Gasteiger partial charge is 0.160 e. The Morgan fingerprint density at radius 2 is 0.436 bits per heavy atom. The van der Waals surface area contributed by atoms with Gasteiger partial charge >= 0.3 is 0 Å². The molecule has 22 rings (SSSR count). The number of rotatable bonds is 11. The van der Waals surface area contributed by atoms with E-state index in [0.29, 0.717) is 11.6 Å². The summed E-state index contributed by atoms with van der Waals surface area (Å²) in [5.41, 5.74) is 25.9. The molecule has 514 valence electrons. The van der Waals surface area contributed by atoms with Gasteiger partial charge in [-0.1, -0.05) is 285 Å². The van der Waals surface area contributed by atoms with E-state index in [4.69, 9.17) is 19.9 Å². The lowest BCUT2D eigenvalue weighted by atomic mass is 10.0. The van der Waals surface area contributed by atoms with Crippen LogP contribution in [0.4, 0.5) is 0 Å². The second-order valence-electron chi connectivity index (χ2n) is 28.1. The number of hydrogen-bond acceptors (Lipinski definition) is 4. The Morgan fingerprint density at radius 1 is 0.155 bits per heavy atom. The summed E-state index contributed by atoms with van der Waals surface area (Å²) in [7, 11) is 0. The number of benzene rings is 16. The van der Waals surface area contributed by atoms with Crippen molar-refractivity contribution in [3.8, 4) is 102 Å². The molecule has 6 heterocycles. The van der Waals surface area contributed by atoms with Gasteiger partial charge < -0.3 is 18.3 Å². The zero-order valence-corrected chi connectivity index (χ0v) is 59.7. The van der Waals surface area contributed by atoms with Gasteiger partial charge in [-0.05, 0) is 137 Å². The minimum absolute atomic E-state index is 0.685. The van der Waals surface area contributed by atoms with Gasteiger partial charge in [-0.15, -0.1) is 0 Å². The monoisotopic (exact) mass is 1400 g/mol. The van der Waals surface area contributed by atoms with Crippen molar-refractivity contribution < 1.29 is 0 Å². The van der Waals surface area contributed by atoms with E-state index in [1.807, 2.05) is 30.3 Å². The van der Waals surface area contributed by atoms with Crippen LogP contribution in [0.5, 0.6) is 0 Å². The fraction of sp³-hybridized carbons (Fsp3) is 0. The Bertz CT molecular complexity index is 7300. The van der Waals surface area contributed by atoms with Crippen molar-refractivity contribution >= 4 is 98.0 Å². The number of hydrogen-bond donors (Lipinski definition) is 0. The second kappa shape index (κ2) is 26.6. The molecule has 8 heteroatoms. The molecule has 0 spiro atoms. The largest absolute Gasteiger partial charge is 0.309 e. The first kappa shape index (κ1) is 63.6. The molecule has 0 aliphatic heterocycles. The van der Waals surface area contributed by atoms with Crippen molar-refractivity contribution in [3.05, 3.63) is 400 Å². The van der Waals surface area contributed by atoms with Crippen LogP contribution in [0, 0.1) is 0 Å². The maximum Gasteiger partial charge on any atom is 0.160 e. The molecule has 110 heavy (non-hydrogen) atoms.